The normalized spacial score (nSPS) is 13.8. The van der Waals surface area contributed by atoms with Gasteiger partial charge in [0.2, 0.25) is 0 Å². The van der Waals surface area contributed by atoms with Gasteiger partial charge in [0.15, 0.2) is 0 Å². The molecule has 1 atom stereocenters. The van der Waals surface area contributed by atoms with Crippen molar-refractivity contribution in [2.24, 2.45) is 0 Å². The minimum atomic E-state index is -0.443. The van der Waals surface area contributed by atoms with Crippen molar-refractivity contribution >= 4 is 17.7 Å². The predicted octanol–water partition coefficient (Wildman–Crippen LogP) is 4.00. The first-order chi connectivity index (χ1) is 15.1. The van der Waals surface area contributed by atoms with Gasteiger partial charge in [-0.3, -0.25) is 24.3 Å². The van der Waals surface area contributed by atoms with Gasteiger partial charge in [-0.1, -0.05) is 49.7 Å². The molecule has 0 radical (unpaired) electrons. The number of pyridine rings is 1. The fourth-order valence-corrected chi connectivity index (χ4v) is 3.69. The van der Waals surface area contributed by atoms with Crippen molar-refractivity contribution in [3.8, 4) is 0 Å². The molecule has 6 heteroatoms. The Morgan fingerprint density at radius 3 is 2.42 bits per heavy atom. The number of nitrogens with zero attached hydrogens (tertiary/aromatic N) is 2. The Balaban J connectivity index is 1.61. The minimum Gasteiger partial charge on any atom is -0.340 e. The molecule has 6 nitrogen and oxygen atoms in total. The van der Waals surface area contributed by atoms with E-state index in [0.29, 0.717) is 23.4 Å². The van der Waals surface area contributed by atoms with E-state index in [-0.39, 0.29) is 23.3 Å². The highest BCUT2D eigenvalue weighted by molar-refractivity contribution is 6.22. The number of aromatic nitrogens is 1. The lowest BCUT2D eigenvalue weighted by atomic mass is 10.0. The highest BCUT2D eigenvalue weighted by atomic mass is 16.2. The predicted molar refractivity (Wildman–Crippen MR) is 117 cm³/mol. The fourth-order valence-electron chi connectivity index (χ4n) is 3.69. The third-order valence-corrected chi connectivity index (χ3v) is 5.36. The SMILES string of the molecule is CCCCN1C(=O)c2ccc(C(=O)NC(c3ccccc3)c3ccccn3)cc2C1=O. The number of carbonyl (C=O) groups excluding carboxylic acids is 3. The number of benzene rings is 2. The summed E-state index contributed by atoms with van der Waals surface area (Å²) >= 11 is 0. The lowest BCUT2D eigenvalue weighted by molar-refractivity contribution is 0.0652. The fraction of sp³-hybridized carbons (Fsp3) is 0.200. The van der Waals surface area contributed by atoms with Crippen LogP contribution in [0.15, 0.2) is 72.9 Å². The Morgan fingerprint density at radius 2 is 1.71 bits per heavy atom. The monoisotopic (exact) mass is 413 g/mol. The number of hydrogen-bond donors (Lipinski definition) is 1. The molecule has 1 aliphatic rings. The van der Waals surface area contributed by atoms with Crippen LogP contribution in [0.5, 0.6) is 0 Å². The summed E-state index contributed by atoms with van der Waals surface area (Å²) in [6, 6.07) is 19.3. The first kappa shape index (κ1) is 20.5. The lowest BCUT2D eigenvalue weighted by Gasteiger charge is -2.19. The van der Waals surface area contributed by atoms with Crippen LogP contribution in [0.3, 0.4) is 0 Å². The first-order valence-electron chi connectivity index (χ1n) is 10.4. The summed E-state index contributed by atoms with van der Waals surface area (Å²) in [6.45, 7) is 2.39. The molecule has 1 aliphatic heterocycles. The van der Waals surface area contributed by atoms with Crippen molar-refractivity contribution in [2.75, 3.05) is 6.54 Å². The zero-order valence-electron chi connectivity index (χ0n) is 17.2. The number of imide groups is 1. The average Bonchev–Trinajstić information content (AvgIpc) is 3.06. The molecule has 2 heterocycles. The van der Waals surface area contributed by atoms with Gasteiger partial charge in [-0.05, 0) is 42.3 Å². The van der Waals surface area contributed by atoms with E-state index in [2.05, 4.69) is 10.3 Å². The number of nitrogens with one attached hydrogen (secondary N) is 1. The van der Waals surface area contributed by atoms with Crippen molar-refractivity contribution in [1.82, 2.24) is 15.2 Å². The zero-order chi connectivity index (χ0) is 21.8. The Bertz CT molecular complexity index is 1070. The van der Waals surface area contributed by atoms with Crippen molar-refractivity contribution in [3.05, 3.63) is 101 Å². The third kappa shape index (κ3) is 4.10. The van der Waals surface area contributed by atoms with Gasteiger partial charge in [-0.15, -0.1) is 0 Å². The van der Waals surface area contributed by atoms with Gasteiger partial charge < -0.3 is 5.32 Å². The summed E-state index contributed by atoms with van der Waals surface area (Å²) in [4.78, 5) is 44.0. The second kappa shape index (κ2) is 8.92. The molecule has 31 heavy (non-hydrogen) atoms. The van der Waals surface area contributed by atoms with Gasteiger partial charge in [0.05, 0.1) is 22.9 Å². The van der Waals surface area contributed by atoms with Crippen LogP contribution in [0.4, 0.5) is 0 Å². The first-order valence-corrected chi connectivity index (χ1v) is 10.4. The Labute approximate surface area is 180 Å². The van der Waals surface area contributed by atoms with Crippen LogP contribution < -0.4 is 5.32 Å². The van der Waals surface area contributed by atoms with Crippen LogP contribution in [-0.2, 0) is 0 Å². The van der Waals surface area contributed by atoms with Crippen LogP contribution >= 0.6 is 0 Å². The Kier molecular flexibility index (Phi) is 5.89. The van der Waals surface area contributed by atoms with E-state index in [9.17, 15) is 14.4 Å². The maximum Gasteiger partial charge on any atom is 0.261 e. The van der Waals surface area contributed by atoms with E-state index >= 15 is 0 Å². The van der Waals surface area contributed by atoms with Gasteiger partial charge >= 0.3 is 0 Å². The molecule has 3 amide bonds. The molecule has 1 aromatic heterocycles. The Hall–Kier alpha value is -3.80. The van der Waals surface area contributed by atoms with E-state index in [4.69, 9.17) is 0 Å². The second-order valence-electron chi connectivity index (χ2n) is 7.45. The summed E-state index contributed by atoms with van der Waals surface area (Å²) < 4.78 is 0. The van der Waals surface area contributed by atoms with Gasteiger partial charge in [0.25, 0.3) is 17.7 Å². The highest BCUT2D eigenvalue weighted by Gasteiger charge is 2.35. The number of carbonyl (C=O) groups is 3. The van der Waals surface area contributed by atoms with E-state index in [1.807, 2.05) is 55.5 Å². The number of hydrogen-bond acceptors (Lipinski definition) is 4. The molecule has 0 fully saturated rings. The number of amides is 3. The van der Waals surface area contributed by atoms with Crippen LogP contribution in [0.2, 0.25) is 0 Å². The van der Waals surface area contributed by atoms with Crippen LogP contribution in [0.1, 0.15) is 68.1 Å². The molecule has 1 unspecified atom stereocenters. The third-order valence-electron chi connectivity index (χ3n) is 5.36. The van der Waals surface area contributed by atoms with Crippen molar-refractivity contribution in [1.29, 1.82) is 0 Å². The molecule has 0 saturated carbocycles. The molecular weight excluding hydrogens is 390 g/mol. The molecule has 156 valence electrons. The molecule has 0 bridgehead atoms. The second-order valence-corrected chi connectivity index (χ2v) is 7.45. The largest absolute Gasteiger partial charge is 0.340 e. The summed E-state index contributed by atoms with van der Waals surface area (Å²) in [6.07, 6.45) is 3.32. The van der Waals surface area contributed by atoms with Crippen LogP contribution in [0.25, 0.3) is 0 Å². The van der Waals surface area contributed by atoms with Crippen LogP contribution in [0, 0.1) is 0 Å². The number of fused-ring (bicyclic) bond motifs is 1. The Morgan fingerprint density at radius 1 is 0.968 bits per heavy atom. The molecule has 2 aromatic carbocycles. The zero-order valence-corrected chi connectivity index (χ0v) is 17.2. The summed E-state index contributed by atoms with van der Waals surface area (Å²) in [7, 11) is 0. The quantitative estimate of drug-likeness (QED) is 0.594. The molecule has 4 rings (SSSR count). The van der Waals surface area contributed by atoms with Crippen molar-refractivity contribution in [3.63, 3.8) is 0 Å². The lowest BCUT2D eigenvalue weighted by Crippen LogP contribution is -2.30. The molecule has 0 aliphatic carbocycles. The van der Waals surface area contributed by atoms with Gasteiger partial charge in [0, 0.05) is 18.3 Å². The standard InChI is InChI=1S/C25H23N3O3/c1-2-3-15-28-24(30)19-13-12-18(16-20(19)25(28)31)23(29)27-22(17-9-5-4-6-10-17)21-11-7-8-14-26-21/h4-14,16,22H,2-3,15H2,1H3,(H,27,29). The van der Waals surface area contributed by atoms with Crippen molar-refractivity contribution in [2.45, 2.75) is 25.8 Å². The summed E-state index contributed by atoms with van der Waals surface area (Å²) in [5.74, 6) is -0.974. The summed E-state index contributed by atoms with van der Waals surface area (Å²) in [5.41, 5.74) is 2.56. The highest BCUT2D eigenvalue weighted by Crippen LogP contribution is 2.26. The maximum atomic E-state index is 13.1. The topological polar surface area (TPSA) is 79.4 Å². The minimum absolute atomic E-state index is 0.280. The van der Waals surface area contributed by atoms with E-state index < -0.39 is 6.04 Å². The number of unbranched alkanes of at least 4 members (excludes halogenated alkanes) is 1. The summed E-state index contributed by atoms with van der Waals surface area (Å²) in [5, 5.41) is 3.02. The number of rotatable bonds is 7. The molecule has 3 aromatic rings. The molecule has 1 N–H and O–H groups in total. The smallest absolute Gasteiger partial charge is 0.261 e. The van der Waals surface area contributed by atoms with E-state index in [1.165, 1.54) is 11.0 Å². The maximum absolute atomic E-state index is 13.1. The average molecular weight is 413 g/mol. The van der Waals surface area contributed by atoms with Crippen molar-refractivity contribution < 1.29 is 14.4 Å². The van der Waals surface area contributed by atoms with Gasteiger partial charge in [-0.25, -0.2) is 0 Å². The van der Waals surface area contributed by atoms with E-state index in [0.717, 1.165) is 18.4 Å². The van der Waals surface area contributed by atoms with Crippen LogP contribution in [-0.4, -0.2) is 34.2 Å². The molecule has 0 spiro atoms. The molecule has 0 saturated heterocycles. The van der Waals surface area contributed by atoms with E-state index in [1.54, 1.807) is 18.3 Å². The molecular formula is C25H23N3O3. The van der Waals surface area contributed by atoms with Gasteiger partial charge in [0.1, 0.15) is 0 Å². The van der Waals surface area contributed by atoms with Gasteiger partial charge in [-0.2, -0.15) is 0 Å².